The van der Waals surface area contributed by atoms with Crippen LogP contribution in [0, 0.1) is 0 Å². The minimum atomic E-state index is -0.666. The number of amides is 2. The number of benzene rings is 2. The molecule has 1 unspecified atom stereocenters. The topological polar surface area (TPSA) is 86.9 Å². The summed E-state index contributed by atoms with van der Waals surface area (Å²) >= 11 is 0. The Labute approximate surface area is 132 Å². The summed E-state index contributed by atoms with van der Waals surface area (Å²) in [7, 11) is 0. The van der Waals surface area contributed by atoms with E-state index in [0.29, 0.717) is 11.3 Å². The number of H-pyrrole nitrogens is 1. The highest BCUT2D eigenvalue weighted by Gasteiger charge is 2.17. The zero-order chi connectivity index (χ0) is 16.2. The van der Waals surface area contributed by atoms with Gasteiger partial charge in [0.1, 0.15) is 6.04 Å². The predicted octanol–water partition coefficient (Wildman–Crippen LogP) is 2.32. The van der Waals surface area contributed by atoms with Crippen molar-refractivity contribution in [2.24, 2.45) is 0 Å². The lowest BCUT2D eigenvalue weighted by Crippen LogP contribution is -2.41. The summed E-state index contributed by atoms with van der Waals surface area (Å²) in [6, 6.07) is 13.6. The Morgan fingerprint density at radius 1 is 1.09 bits per heavy atom. The van der Waals surface area contributed by atoms with E-state index < -0.39 is 6.04 Å². The van der Waals surface area contributed by atoms with Crippen molar-refractivity contribution in [2.75, 3.05) is 5.32 Å². The molecular weight excluding hydrogens is 292 g/mol. The lowest BCUT2D eigenvalue weighted by Gasteiger charge is -2.14. The van der Waals surface area contributed by atoms with Crippen LogP contribution in [0.3, 0.4) is 0 Å². The quantitative estimate of drug-likeness (QED) is 0.691. The van der Waals surface area contributed by atoms with Crippen LogP contribution in [0.5, 0.6) is 0 Å². The average molecular weight is 308 g/mol. The maximum atomic E-state index is 12.3. The first-order valence-corrected chi connectivity index (χ1v) is 7.24. The molecule has 0 aliphatic rings. The van der Waals surface area contributed by atoms with Crippen LogP contribution in [0.4, 0.5) is 5.69 Å². The van der Waals surface area contributed by atoms with Gasteiger partial charge in [0.25, 0.3) is 5.91 Å². The van der Waals surface area contributed by atoms with Gasteiger partial charge in [-0.25, -0.2) is 0 Å². The number of para-hydroxylation sites is 1. The maximum Gasteiger partial charge on any atom is 0.251 e. The molecule has 0 aliphatic heterocycles. The number of anilines is 1. The molecule has 0 spiro atoms. The molecule has 3 rings (SSSR count). The smallest absolute Gasteiger partial charge is 0.251 e. The van der Waals surface area contributed by atoms with Crippen molar-refractivity contribution in [3.8, 4) is 0 Å². The number of aromatic nitrogens is 2. The van der Waals surface area contributed by atoms with Gasteiger partial charge in [-0.2, -0.15) is 5.10 Å². The van der Waals surface area contributed by atoms with Crippen molar-refractivity contribution in [3.63, 3.8) is 0 Å². The number of aromatic amines is 1. The Balaban J connectivity index is 1.68. The fraction of sp³-hybridized carbons (Fsp3) is 0.118. The first-order chi connectivity index (χ1) is 11.1. The molecule has 3 aromatic rings. The Morgan fingerprint density at radius 2 is 1.87 bits per heavy atom. The molecule has 1 aromatic heterocycles. The van der Waals surface area contributed by atoms with Gasteiger partial charge in [0.05, 0.1) is 17.4 Å². The molecule has 6 heteroatoms. The first-order valence-electron chi connectivity index (χ1n) is 7.24. The number of carbonyl (C=O) groups is 2. The van der Waals surface area contributed by atoms with E-state index in [0.717, 1.165) is 10.9 Å². The second-order valence-corrected chi connectivity index (χ2v) is 5.19. The summed E-state index contributed by atoms with van der Waals surface area (Å²) in [5, 5.41) is 13.2. The summed E-state index contributed by atoms with van der Waals surface area (Å²) in [5.74, 6) is -0.579. The number of rotatable bonds is 4. The van der Waals surface area contributed by atoms with E-state index in [1.807, 2.05) is 18.2 Å². The summed E-state index contributed by atoms with van der Waals surface area (Å²) in [6.45, 7) is 1.64. The number of fused-ring (bicyclic) bond motifs is 1. The summed E-state index contributed by atoms with van der Waals surface area (Å²) in [5.41, 5.74) is 1.90. The third kappa shape index (κ3) is 3.21. The van der Waals surface area contributed by atoms with Crippen LogP contribution in [-0.2, 0) is 4.79 Å². The van der Waals surface area contributed by atoms with Gasteiger partial charge in [-0.15, -0.1) is 0 Å². The van der Waals surface area contributed by atoms with Gasteiger partial charge < -0.3 is 10.6 Å². The Morgan fingerprint density at radius 3 is 2.65 bits per heavy atom. The Hall–Kier alpha value is -3.15. The van der Waals surface area contributed by atoms with Crippen LogP contribution in [0.2, 0.25) is 0 Å². The molecule has 1 atom stereocenters. The number of nitrogens with zero attached hydrogens (tertiary/aromatic N) is 1. The van der Waals surface area contributed by atoms with Crippen molar-refractivity contribution in [1.29, 1.82) is 0 Å². The lowest BCUT2D eigenvalue weighted by atomic mass is 10.2. The molecule has 3 N–H and O–H groups in total. The highest BCUT2D eigenvalue weighted by Crippen LogP contribution is 2.20. The third-order valence-corrected chi connectivity index (χ3v) is 3.51. The van der Waals surface area contributed by atoms with Gasteiger partial charge >= 0.3 is 0 Å². The van der Waals surface area contributed by atoms with E-state index in [2.05, 4.69) is 20.8 Å². The highest BCUT2D eigenvalue weighted by atomic mass is 16.2. The molecule has 0 saturated carbocycles. The van der Waals surface area contributed by atoms with Gasteiger partial charge in [-0.05, 0) is 25.1 Å². The van der Waals surface area contributed by atoms with Crippen molar-refractivity contribution in [2.45, 2.75) is 13.0 Å². The largest absolute Gasteiger partial charge is 0.341 e. The second kappa shape index (κ2) is 6.31. The summed E-state index contributed by atoms with van der Waals surface area (Å²) in [6.07, 6.45) is 1.69. The Kier molecular flexibility index (Phi) is 4.05. The van der Waals surface area contributed by atoms with Crippen LogP contribution in [-0.4, -0.2) is 28.1 Å². The van der Waals surface area contributed by atoms with Gasteiger partial charge in [-0.1, -0.05) is 30.3 Å². The standard InChI is InChI=1S/C17H16N4O2/c1-11(19-17(23)12-6-3-2-4-7-12)16(22)20-14-9-5-8-13-10-18-21-15(13)14/h2-11H,1H3,(H,18,21)(H,19,23)(H,20,22). The molecule has 6 nitrogen and oxygen atoms in total. The number of carbonyl (C=O) groups excluding carboxylic acids is 2. The molecule has 1 heterocycles. The Bertz CT molecular complexity index is 842. The minimum absolute atomic E-state index is 0.284. The lowest BCUT2D eigenvalue weighted by molar-refractivity contribution is -0.117. The summed E-state index contributed by atoms with van der Waals surface area (Å²) in [4.78, 5) is 24.4. The average Bonchev–Trinajstić information content (AvgIpc) is 3.05. The fourth-order valence-corrected chi connectivity index (χ4v) is 2.25. The molecule has 0 fully saturated rings. The number of nitrogens with one attached hydrogen (secondary N) is 3. The van der Waals surface area contributed by atoms with E-state index >= 15 is 0 Å². The van der Waals surface area contributed by atoms with Crippen LogP contribution < -0.4 is 10.6 Å². The first kappa shape index (κ1) is 14.8. The van der Waals surface area contributed by atoms with Gasteiger partial charge in [0, 0.05) is 10.9 Å². The maximum absolute atomic E-state index is 12.3. The minimum Gasteiger partial charge on any atom is -0.341 e. The third-order valence-electron chi connectivity index (χ3n) is 3.51. The predicted molar refractivity (Wildman–Crippen MR) is 88.1 cm³/mol. The molecule has 0 radical (unpaired) electrons. The van der Waals surface area contributed by atoms with E-state index in [1.54, 1.807) is 43.5 Å². The molecule has 23 heavy (non-hydrogen) atoms. The molecule has 0 saturated heterocycles. The number of hydrogen-bond donors (Lipinski definition) is 3. The van der Waals surface area contributed by atoms with Gasteiger partial charge in [0.15, 0.2) is 0 Å². The van der Waals surface area contributed by atoms with Gasteiger partial charge in [0.2, 0.25) is 5.91 Å². The zero-order valence-electron chi connectivity index (χ0n) is 12.5. The molecule has 2 amide bonds. The normalized spacial score (nSPS) is 11.9. The van der Waals surface area contributed by atoms with Gasteiger partial charge in [-0.3, -0.25) is 14.7 Å². The van der Waals surface area contributed by atoms with Crippen LogP contribution in [0.1, 0.15) is 17.3 Å². The zero-order valence-corrected chi connectivity index (χ0v) is 12.5. The van der Waals surface area contributed by atoms with Crippen LogP contribution >= 0.6 is 0 Å². The van der Waals surface area contributed by atoms with Crippen molar-refractivity contribution in [3.05, 3.63) is 60.3 Å². The van der Waals surface area contributed by atoms with E-state index in [1.165, 1.54) is 0 Å². The molecule has 116 valence electrons. The molecule has 0 bridgehead atoms. The SMILES string of the molecule is CC(NC(=O)c1ccccc1)C(=O)Nc1cccc2cn[nH]c12. The number of hydrogen-bond acceptors (Lipinski definition) is 3. The van der Waals surface area contributed by atoms with Crippen molar-refractivity contribution in [1.82, 2.24) is 15.5 Å². The van der Waals surface area contributed by atoms with Crippen molar-refractivity contribution >= 4 is 28.4 Å². The molecular formula is C17H16N4O2. The van der Waals surface area contributed by atoms with Crippen LogP contribution in [0.15, 0.2) is 54.7 Å². The fourth-order valence-electron chi connectivity index (χ4n) is 2.25. The highest BCUT2D eigenvalue weighted by molar-refractivity contribution is 6.04. The molecule has 2 aromatic carbocycles. The van der Waals surface area contributed by atoms with Crippen LogP contribution in [0.25, 0.3) is 10.9 Å². The van der Waals surface area contributed by atoms with E-state index in [-0.39, 0.29) is 11.8 Å². The molecule has 0 aliphatic carbocycles. The summed E-state index contributed by atoms with van der Waals surface area (Å²) < 4.78 is 0. The monoisotopic (exact) mass is 308 g/mol. The van der Waals surface area contributed by atoms with E-state index in [9.17, 15) is 9.59 Å². The van der Waals surface area contributed by atoms with E-state index in [4.69, 9.17) is 0 Å². The second-order valence-electron chi connectivity index (χ2n) is 5.19. The van der Waals surface area contributed by atoms with Crippen molar-refractivity contribution < 1.29 is 9.59 Å².